The van der Waals surface area contributed by atoms with Gasteiger partial charge in [0.15, 0.2) is 5.78 Å². The highest BCUT2D eigenvalue weighted by Gasteiger charge is 2.27. The summed E-state index contributed by atoms with van der Waals surface area (Å²) < 4.78 is 0. The average molecular weight is 220 g/mol. The molecule has 1 nitrogen and oxygen atoms in total. The third-order valence-corrected chi connectivity index (χ3v) is 4.01. The number of carbonyl (C=O) groups is 1. The number of carbonyl (C=O) groups excluding carboxylic acids is 1. The fourth-order valence-electron chi connectivity index (χ4n) is 3.19. The number of rotatable bonds is 0. The minimum Gasteiger partial charge on any atom is -0.294 e. The highest BCUT2D eigenvalue weighted by Crippen LogP contribution is 2.41. The van der Waals surface area contributed by atoms with Crippen LogP contribution in [0.15, 0.2) is 36.4 Å². The lowest BCUT2D eigenvalue weighted by Crippen LogP contribution is -1.94. The van der Waals surface area contributed by atoms with Crippen molar-refractivity contribution in [1.82, 2.24) is 0 Å². The first-order valence-corrected chi connectivity index (χ1v) is 6.11. The van der Waals surface area contributed by atoms with Gasteiger partial charge in [0.1, 0.15) is 0 Å². The maximum Gasteiger partial charge on any atom is 0.163 e. The molecule has 0 saturated heterocycles. The Morgan fingerprint density at radius 2 is 1.59 bits per heavy atom. The van der Waals surface area contributed by atoms with Crippen LogP contribution in [0.3, 0.4) is 0 Å². The van der Waals surface area contributed by atoms with Crippen molar-refractivity contribution in [3.8, 4) is 11.1 Å². The van der Waals surface area contributed by atoms with Gasteiger partial charge in [0.05, 0.1) is 0 Å². The zero-order chi connectivity index (χ0) is 11.4. The summed E-state index contributed by atoms with van der Waals surface area (Å²) in [6.45, 7) is 0. The molecule has 0 fully saturated rings. The monoisotopic (exact) mass is 220 g/mol. The Bertz CT molecular complexity index is 653. The van der Waals surface area contributed by atoms with Crippen LogP contribution in [0.25, 0.3) is 11.1 Å². The Morgan fingerprint density at radius 3 is 2.53 bits per heavy atom. The lowest BCUT2D eigenvalue weighted by atomic mass is 9.98. The number of hydrogen-bond acceptors (Lipinski definition) is 1. The van der Waals surface area contributed by atoms with Gasteiger partial charge in [0, 0.05) is 12.0 Å². The van der Waals surface area contributed by atoms with Crippen LogP contribution in [0.2, 0.25) is 0 Å². The van der Waals surface area contributed by atoms with Crippen molar-refractivity contribution in [3.63, 3.8) is 0 Å². The van der Waals surface area contributed by atoms with Crippen LogP contribution in [0, 0.1) is 0 Å². The Kier molecular flexibility index (Phi) is 1.66. The van der Waals surface area contributed by atoms with Gasteiger partial charge in [-0.05, 0) is 40.7 Å². The predicted octanol–water partition coefficient (Wildman–Crippen LogP) is 3.39. The van der Waals surface area contributed by atoms with Crippen LogP contribution in [0.5, 0.6) is 0 Å². The van der Waals surface area contributed by atoms with Crippen LogP contribution >= 0.6 is 0 Å². The molecule has 0 amide bonds. The second-order valence-electron chi connectivity index (χ2n) is 4.87. The topological polar surface area (TPSA) is 17.1 Å². The Hall–Kier alpha value is -1.89. The van der Waals surface area contributed by atoms with E-state index in [1.165, 1.54) is 27.8 Å². The molecule has 2 aromatic carbocycles. The van der Waals surface area contributed by atoms with Gasteiger partial charge in [-0.1, -0.05) is 36.4 Å². The summed E-state index contributed by atoms with van der Waals surface area (Å²) >= 11 is 0. The van der Waals surface area contributed by atoms with E-state index in [2.05, 4.69) is 30.3 Å². The Labute approximate surface area is 100 Å². The van der Waals surface area contributed by atoms with Crippen LogP contribution in [-0.4, -0.2) is 5.78 Å². The molecule has 82 valence electrons. The van der Waals surface area contributed by atoms with Crippen LogP contribution < -0.4 is 0 Å². The van der Waals surface area contributed by atoms with Crippen molar-refractivity contribution >= 4 is 5.78 Å². The third-order valence-electron chi connectivity index (χ3n) is 4.01. The summed E-state index contributed by atoms with van der Waals surface area (Å²) in [5.41, 5.74) is 7.77. The first-order valence-electron chi connectivity index (χ1n) is 6.11. The quantitative estimate of drug-likeness (QED) is 0.567. The van der Waals surface area contributed by atoms with Gasteiger partial charge >= 0.3 is 0 Å². The van der Waals surface area contributed by atoms with Gasteiger partial charge in [0.25, 0.3) is 0 Å². The molecule has 1 heteroatoms. The molecule has 2 aliphatic rings. The third kappa shape index (κ3) is 1.11. The van der Waals surface area contributed by atoms with E-state index in [1.807, 2.05) is 6.07 Å². The summed E-state index contributed by atoms with van der Waals surface area (Å²) in [7, 11) is 0. The molecule has 17 heavy (non-hydrogen) atoms. The molecule has 0 unspecified atom stereocenters. The first kappa shape index (κ1) is 9.17. The lowest BCUT2D eigenvalue weighted by molar-refractivity contribution is 0.0994. The van der Waals surface area contributed by atoms with E-state index < -0.39 is 0 Å². The lowest BCUT2D eigenvalue weighted by Gasteiger charge is -2.06. The molecule has 0 N–H and O–H groups in total. The van der Waals surface area contributed by atoms with Crippen molar-refractivity contribution in [2.45, 2.75) is 19.3 Å². The normalized spacial score (nSPS) is 15.6. The van der Waals surface area contributed by atoms with Gasteiger partial charge in [-0.3, -0.25) is 4.79 Å². The molecule has 0 bridgehead atoms. The molecule has 0 aromatic heterocycles. The SMILES string of the molecule is O=C1CCc2c1ccc1c2Cc2ccccc2-1. The fourth-order valence-corrected chi connectivity index (χ4v) is 3.19. The van der Waals surface area contributed by atoms with Crippen molar-refractivity contribution in [2.75, 3.05) is 0 Å². The molecule has 0 saturated carbocycles. The maximum absolute atomic E-state index is 11.7. The number of hydrogen-bond donors (Lipinski definition) is 0. The van der Waals surface area contributed by atoms with Gasteiger partial charge in [0.2, 0.25) is 0 Å². The van der Waals surface area contributed by atoms with E-state index in [0.717, 1.165) is 18.4 Å². The largest absolute Gasteiger partial charge is 0.294 e. The van der Waals surface area contributed by atoms with Gasteiger partial charge < -0.3 is 0 Å². The van der Waals surface area contributed by atoms with E-state index in [-0.39, 0.29) is 0 Å². The number of Topliss-reactive ketones (excluding diaryl/α,β-unsaturated/α-hetero) is 1. The maximum atomic E-state index is 11.7. The molecule has 0 atom stereocenters. The standard InChI is InChI=1S/C16H12O/c17-16-8-7-13-14(16)6-5-12-11-4-2-1-3-10(11)9-15(12)13/h1-6H,7-9H2. The Balaban J connectivity index is 2.01. The van der Waals surface area contributed by atoms with Crippen molar-refractivity contribution < 1.29 is 4.79 Å². The molecule has 0 spiro atoms. The fraction of sp³-hybridized carbons (Fsp3) is 0.188. The predicted molar refractivity (Wildman–Crippen MR) is 67.3 cm³/mol. The smallest absolute Gasteiger partial charge is 0.163 e. The molecule has 2 aromatic rings. The highest BCUT2D eigenvalue weighted by atomic mass is 16.1. The molecular formula is C16H12O. The molecule has 4 rings (SSSR count). The van der Waals surface area contributed by atoms with Crippen molar-refractivity contribution in [2.24, 2.45) is 0 Å². The van der Waals surface area contributed by atoms with Crippen LogP contribution in [-0.2, 0) is 12.8 Å². The van der Waals surface area contributed by atoms with Crippen LogP contribution in [0.4, 0.5) is 0 Å². The van der Waals surface area contributed by atoms with E-state index in [1.54, 1.807) is 0 Å². The number of benzene rings is 2. The summed E-state index contributed by atoms with van der Waals surface area (Å²) in [6.07, 6.45) is 2.63. The van der Waals surface area contributed by atoms with Crippen LogP contribution in [0.1, 0.15) is 33.5 Å². The summed E-state index contributed by atoms with van der Waals surface area (Å²) in [6, 6.07) is 12.7. The first-order chi connectivity index (χ1) is 8.34. The number of ketones is 1. The summed E-state index contributed by atoms with van der Waals surface area (Å²) in [5.74, 6) is 0.318. The molecule has 0 aliphatic heterocycles. The van der Waals surface area contributed by atoms with E-state index in [0.29, 0.717) is 12.2 Å². The van der Waals surface area contributed by atoms with E-state index in [9.17, 15) is 4.79 Å². The summed E-state index contributed by atoms with van der Waals surface area (Å²) in [4.78, 5) is 11.7. The molecular weight excluding hydrogens is 208 g/mol. The second kappa shape index (κ2) is 3.07. The minimum atomic E-state index is 0.318. The molecule has 2 aliphatic carbocycles. The van der Waals surface area contributed by atoms with E-state index >= 15 is 0 Å². The van der Waals surface area contributed by atoms with Gasteiger partial charge in [-0.2, -0.15) is 0 Å². The van der Waals surface area contributed by atoms with Crippen molar-refractivity contribution in [1.29, 1.82) is 0 Å². The minimum absolute atomic E-state index is 0.318. The highest BCUT2D eigenvalue weighted by molar-refractivity contribution is 6.02. The molecule has 0 radical (unpaired) electrons. The number of fused-ring (bicyclic) bond motifs is 5. The van der Waals surface area contributed by atoms with Gasteiger partial charge in [-0.15, -0.1) is 0 Å². The second-order valence-corrected chi connectivity index (χ2v) is 4.87. The van der Waals surface area contributed by atoms with E-state index in [4.69, 9.17) is 0 Å². The zero-order valence-corrected chi connectivity index (χ0v) is 9.49. The zero-order valence-electron chi connectivity index (χ0n) is 9.49. The average Bonchev–Trinajstić information content (AvgIpc) is 2.90. The summed E-state index contributed by atoms with van der Waals surface area (Å²) in [5, 5.41) is 0. The van der Waals surface area contributed by atoms with Crippen molar-refractivity contribution in [3.05, 3.63) is 58.7 Å². The Morgan fingerprint density at radius 1 is 0.765 bits per heavy atom. The van der Waals surface area contributed by atoms with Gasteiger partial charge in [-0.25, -0.2) is 0 Å². The molecule has 0 heterocycles.